The van der Waals surface area contributed by atoms with Crippen LogP contribution >= 0.6 is 23.2 Å². The summed E-state index contributed by atoms with van der Waals surface area (Å²) in [5.74, 6) is 0.0826. The molecule has 0 aliphatic rings. The molecule has 0 bridgehead atoms. The van der Waals surface area contributed by atoms with Gasteiger partial charge >= 0.3 is 5.97 Å². The minimum Gasteiger partial charge on any atom is -0.489 e. The largest absolute Gasteiger partial charge is 0.489 e. The molecule has 0 aromatic heterocycles. The fourth-order valence-corrected chi connectivity index (χ4v) is 3.00. The van der Waals surface area contributed by atoms with Crippen LogP contribution in [0.2, 0.25) is 10.0 Å². The number of benzene rings is 2. The van der Waals surface area contributed by atoms with Crippen LogP contribution in [-0.2, 0) is 17.9 Å². The highest BCUT2D eigenvalue weighted by atomic mass is 35.5. The first-order valence-corrected chi connectivity index (χ1v) is 9.22. The van der Waals surface area contributed by atoms with E-state index in [4.69, 9.17) is 27.9 Å². The molecule has 6 heteroatoms. The van der Waals surface area contributed by atoms with Gasteiger partial charge < -0.3 is 15.2 Å². The van der Waals surface area contributed by atoms with Crippen LogP contribution < -0.4 is 10.1 Å². The van der Waals surface area contributed by atoms with E-state index in [9.17, 15) is 9.90 Å². The van der Waals surface area contributed by atoms with Crippen molar-refractivity contribution in [2.75, 3.05) is 0 Å². The van der Waals surface area contributed by atoms with Gasteiger partial charge in [-0.25, -0.2) is 0 Å². The van der Waals surface area contributed by atoms with Crippen molar-refractivity contribution < 1.29 is 14.6 Å². The Morgan fingerprint density at radius 2 is 1.88 bits per heavy atom. The summed E-state index contributed by atoms with van der Waals surface area (Å²) >= 11 is 12.1. The molecule has 0 aliphatic carbocycles. The lowest BCUT2D eigenvalue weighted by Gasteiger charge is -2.18. The van der Waals surface area contributed by atoms with Crippen molar-refractivity contribution in [1.82, 2.24) is 5.32 Å². The number of carboxylic acids is 1. The van der Waals surface area contributed by atoms with Crippen molar-refractivity contribution in [2.24, 2.45) is 5.92 Å². The molecule has 26 heavy (non-hydrogen) atoms. The molecule has 4 nitrogen and oxygen atoms in total. The Morgan fingerprint density at radius 3 is 2.54 bits per heavy atom. The Bertz CT molecular complexity index is 750. The van der Waals surface area contributed by atoms with Crippen LogP contribution in [0.4, 0.5) is 0 Å². The highest BCUT2D eigenvalue weighted by Crippen LogP contribution is 2.24. The molecular formula is C20H23Cl2NO3. The van der Waals surface area contributed by atoms with Crippen LogP contribution in [0.1, 0.15) is 31.4 Å². The number of nitrogens with one attached hydrogen (secondary N) is 1. The highest BCUT2D eigenvalue weighted by molar-refractivity contribution is 6.30. The van der Waals surface area contributed by atoms with E-state index >= 15 is 0 Å². The average molecular weight is 396 g/mol. The van der Waals surface area contributed by atoms with Crippen LogP contribution in [0.3, 0.4) is 0 Å². The van der Waals surface area contributed by atoms with Crippen molar-refractivity contribution in [3.05, 3.63) is 63.6 Å². The molecule has 0 radical (unpaired) electrons. The van der Waals surface area contributed by atoms with E-state index in [2.05, 4.69) is 5.32 Å². The zero-order valence-electron chi connectivity index (χ0n) is 14.8. The van der Waals surface area contributed by atoms with Crippen LogP contribution in [-0.4, -0.2) is 17.1 Å². The molecule has 1 atom stereocenters. The van der Waals surface area contributed by atoms with E-state index in [0.717, 1.165) is 11.1 Å². The standard InChI is InChI=1S/C20H23Cl2NO3/c1-13(2)8-18(20(24)25)23-11-15-10-17(22)6-7-19(15)26-12-14-4-3-5-16(21)9-14/h3-7,9-10,13,18,23H,8,11-12H2,1-2H3,(H,24,25). The number of aliphatic carboxylic acids is 1. The summed E-state index contributed by atoms with van der Waals surface area (Å²) in [7, 11) is 0. The number of hydrogen-bond donors (Lipinski definition) is 2. The summed E-state index contributed by atoms with van der Waals surface area (Å²) in [5.41, 5.74) is 1.77. The molecule has 0 fully saturated rings. The van der Waals surface area contributed by atoms with Gasteiger partial charge in [0, 0.05) is 22.2 Å². The maximum Gasteiger partial charge on any atom is 0.320 e. The van der Waals surface area contributed by atoms with E-state index in [1.165, 1.54) is 0 Å². The van der Waals surface area contributed by atoms with Crippen LogP contribution in [0.15, 0.2) is 42.5 Å². The second-order valence-corrected chi connectivity index (χ2v) is 7.44. The number of ether oxygens (including phenoxy) is 1. The van der Waals surface area contributed by atoms with Crippen molar-refractivity contribution in [3.63, 3.8) is 0 Å². The number of carboxylic acid groups (broad SMARTS) is 1. The minimum atomic E-state index is -0.859. The molecule has 0 spiro atoms. The molecule has 2 aromatic carbocycles. The van der Waals surface area contributed by atoms with Gasteiger partial charge in [-0.05, 0) is 48.2 Å². The lowest BCUT2D eigenvalue weighted by Crippen LogP contribution is -2.37. The fraction of sp³-hybridized carbons (Fsp3) is 0.350. The Morgan fingerprint density at radius 1 is 1.15 bits per heavy atom. The first kappa shape index (κ1) is 20.6. The maximum atomic E-state index is 11.4. The molecule has 2 N–H and O–H groups in total. The predicted octanol–water partition coefficient (Wildman–Crippen LogP) is 5.16. The van der Waals surface area contributed by atoms with Gasteiger partial charge in [0.25, 0.3) is 0 Å². The summed E-state index contributed by atoms with van der Waals surface area (Å²) in [5, 5.41) is 13.7. The van der Waals surface area contributed by atoms with Gasteiger partial charge in [-0.15, -0.1) is 0 Å². The van der Waals surface area contributed by atoms with Gasteiger partial charge in [-0.2, -0.15) is 0 Å². The second kappa shape index (κ2) is 9.81. The molecule has 2 rings (SSSR count). The Balaban J connectivity index is 2.07. The lowest BCUT2D eigenvalue weighted by atomic mass is 10.0. The zero-order chi connectivity index (χ0) is 19.1. The molecule has 1 unspecified atom stereocenters. The van der Waals surface area contributed by atoms with E-state index in [1.54, 1.807) is 18.2 Å². The zero-order valence-corrected chi connectivity index (χ0v) is 16.3. The maximum absolute atomic E-state index is 11.4. The highest BCUT2D eigenvalue weighted by Gasteiger charge is 2.19. The first-order chi connectivity index (χ1) is 12.3. The smallest absolute Gasteiger partial charge is 0.320 e. The second-order valence-electron chi connectivity index (χ2n) is 6.57. The minimum absolute atomic E-state index is 0.279. The molecule has 0 heterocycles. The predicted molar refractivity (Wildman–Crippen MR) is 105 cm³/mol. The third-order valence-corrected chi connectivity index (χ3v) is 4.32. The molecular weight excluding hydrogens is 373 g/mol. The summed E-state index contributed by atoms with van der Waals surface area (Å²) in [6, 6.07) is 12.2. The van der Waals surface area contributed by atoms with E-state index in [-0.39, 0.29) is 5.92 Å². The first-order valence-electron chi connectivity index (χ1n) is 8.47. The molecule has 0 aliphatic heterocycles. The Kier molecular flexibility index (Phi) is 7.76. The molecule has 2 aromatic rings. The monoisotopic (exact) mass is 395 g/mol. The van der Waals surface area contributed by atoms with E-state index < -0.39 is 12.0 Å². The van der Waals surface area contributed by atoms with Crippen LogP contribution in [0.5, 0.6) is 5.75 Å². The van der Waals surface area contributed by atoms with Crippen molar-refractivity contribution in [2.45, 2.75) is 39.5 Å². The summed E-state index contributed by atoms with van der Waals surface area (Å²) in [6.45, 7) is 4.71. The SMILES string of the molecule is CC(C)CC(NCc1cc(Cl)ccc1OCc1cccc(Cl)c1)C(=O)O. The number of halogens is 2. The number of hydrogen-bond acceptors (Lipinski definition) is 3. The summed E-state index contributed by atoms with van der Waals surface area (Å²) in [6.07, 6.45) is 0.550. The van der Waals surface area contributed by atoms with Crippen molar-refractivity contribution in [3.8, 4) is 5.75 Å². The molecule has 0 saturated carbocycles. The third kappa shape index (κ3) is 6.52. The van der Waals surface area contributed by atoms with Gasteiger partial charge in [0.1, 0.15) is 18.4 Å². The van der Waals surface area contributed by atoms with Crippen LogP contribution in [0.25, 0.3) is 0 Å². The summed E-state index contributed by atoms with van der Waals surface area (Å²) in [4.78, 5) is 11.4. The van der Waals surface area contributed by atoms with Gasteiger partial charge in [0.2, 0.25) is 0 Å². The normalized spacial score (nSPS) is 12.2. The lowest BCUT2D eigenvalue weighted by molar-refractivity contribution is -0.140. The van der Waals surface area contributed by atoms with Crippen LogP contribution in [0, 0.1) is 5.92 Å². The quantitative estimate of drug-likeness (QED) is 0.615. The fourth-order valence-electron chi connectivity index (χ4n) is 2.59. The van der Waals surface area contributed by atoms with Crippen molar-refractivity contribution in [1.29, 1.82) is 0 Å². The third-order valence-electron chi connectivity index (χ3n) is 3.85. The number of carbonyl (C=O) groups is 1. The van der Waals surface area contributed by atoms with Gasteiger partial charge in [-0.3, -0.25) is 4.79 Å². The summed E-state index contributed by atoms with van der Waals surface area (Å²) < 4.78 is 5.90. The van der Waals surface area contributed by atoms with Crippen molar-refractivity contribution >= 4 is 29.2 Å². The Hall–Kier alpha value is -1.75. The molecule has 0 saturated heterocycles. The van der Waals surface area contributed by atoms with Gasteiger partial charge in [-0.1, -0.05) is 49.2 Å². The molecule has 140 valence electrons. The van der Waals surface area contributed by atoms with E-state index in [0.29, 0.717) is 35.4 Å². The average Bonchev–Trinajstić information content (AvgIpc) is 2.57. The van der Waals surface area contributed by atoms with Gasteiger partial charge in [0.15, 0.2) is 0 Å². The molecule has 0 amide bonds. The topological polar surface area (TPSA) is 58.6 Å². The Labute approximate surface area is 164 Å². The number of rotatable bonds is 9. The van der Waals surface area contributed by atoms with E-state index in [1.807, 2.05) is 38.1 Å². The van der Waals surface area contributed by atoms with Gasteiger partial charge in [0.05, 0.1) is 0 Å².